The van der Waals surface area contributed by atoms with E-state index in [0.29, 0.717) is 17.2 Å². The summed E-state index contributed by atoms with van der Waals surface area (Å²) in [4.78, 5) is 8.53. The first-order valence-corrected chi connectivity index (χ1v) is 8.94. The Balaban J connectivity index is 2.18. The second-order valence-electron chi connectivity index (χ2n) is 6.01. The zero-order valence-corrected chi connectivity index (χ0v) is 16.1. The minimum Gasteiger partial charge on any atom is -0.387 e. The van der Waals surface area contributed by atoms with Gasteiger partial charge < -0.3 is 10.6 Å². The molecule has 2 rings (SSSR count). The SMILES string of the molecule is C=C(C=N/C(C#N)=C\C)Nc1cc(NC)c(-c2ccc(CCC)cc2)cn1. The third-order valence-corrected chi connectivity index (χ3v) is 4.01. The predicted molar refractivity (Wildman–Crippen MR) is 114 cm³/mol. The summed E-state index contributed by atoms with van der Waals surface area (Å²) in [7, 11) is 1.88. The molecule has 0 fully saturated rings. The molecule has 0 bridgehead atoms. The fourth-order valence-electron chi connectivity index (χ4n) is 2.61. The fraction of sp³-hybridized carbons (Fsp3) is 0.227. The minimum absolute atomic E-state index is 0.337. The summed E-state index contributed by atoms with van der Waals surface area (Å²) in [5.74, 6) is 0.654. The lowest BCUT2D eigenvalue weighted by atomic mass is 10.0. The van der Waals surface area contributed by atoms with E-state index in [-0.39, 0.29) is 0 Å². The van der Waals surface area contributed by atoms with Gasteiger partial charge in [0.05, 0.1) is 11.9 Å². The number of nitriles is 1. The smallest absolute Gasteiger partial charge is 0.136 e. The molecule has 27 heavy (non-hydrogen) atoms. The Morgan fingerprint density at radius 1 is 1.33 bits per heavy atom. The van der Waals surface area contributed by atoms with Crippen LogP contribution in [0.15, 0.2) is 65.6 Å². The average Bonchev–Trinajstić information content (AvgIpc) is 2.69. The maximum atomic E-state index is 8.88. The molecule has 5 heteroatoms. The molecule has 0 unspecified atom stereocenters. The normalized spacial score (nSPS) is 11.3. The molecule has 2 aromatic rings. The third kappa shape index (κ3) is 5.55. The van der Waals surface area contributed by atoms with Gasteiger partial charge in [-0.1, -0.05) is 50.3 Å². The van der Waals surface area contributed by atoms with E-state index >= 15 is 0 Å². The molecule has 0 atom stereocenters. The summed E-state index contributed by atoms with van der Waals surface area (Å²) in [6.07, 6.45) is 7.21. The minimum atomic E-state index is 0.337. The molecular weight excluding hydrogens is 334 g/mol. The number of pyridine rings is 1. The molecule has 1 aromatic carbocycles. The highest BCUT2D eigenvalue weighted by Crippen LogP contribution is 2.29. The van der Waals surface area contributed by atoms with Crippen LogP contribution in [0.25, 0.3) is 11.1 Å². The van der Waals surface area contributed by atoms with Crippen molar-refractivity contribution in [1.82, 2.24) is 4.98 Å². The van der Waals surface area contributed by atoms with Crippen LogP contribution in [-0.4, -0.2) is 18.2 Å². The van der Waals surface area contributed by atoms with Crippen LogP contribution < -0.4 is 10.6 Å². The van der Waals surface area contributed by atoms with Crippen LogP contribution in [0.1, 0.15) is 25.8 Å². The average molecular weight is 359 g/mol. The lowest BCUT2D eigenvalue weighted by Gasteiger charge is -2.12. The summed E-state index contributed by atoms with van der Waals surface area (Å²) in [5.41, 5.74) is 5.34. The molecule has 138 valence electrons. The topological polar surface area (TPSA) is 73.1 Å². The summed E-state index contributed by atoms with van der Waals surface area (Å²) in [6.45, 7) is 7.84. The van der Waals surface area contributed by atoms with Gasteiger partial charge >= 0.3 is 0 Å². The number of nitrogens with zero attached hydrogens (tertiary/aromatic N) is 3. The van der Waals surface area contributed by atoms with E-state index in [9.17, 15) is 0 Å². The Labute approximate surface area is 161 Å². The zero-order valence-electron chi connectivity index (χ0n) is 16.1. The van der Waals surface area contributed by atoms with E-state index in [1.807, 2.05) is 25.4 Å². The molecular formula is C22H25N5. The Morgan fingerprint density at radius 3 is 2.67 bits per heavy atom. The van der Waals surface area contributed by atoms with E-state index in [2.05, 4.69) is 58.4 Å². The van der Waals surface area contributed by atoms with E-state index in [1.54, 1.807) is 13.0 Å². The van der Waals surface area contributed by atoms with Crippen LogP contribution in [0.5, 0.6) is 0 Å². The first-order chi connectivity index (χ1) is 13.1. The van der Waals surface area contributed by atoms with Crippen LogP contribution in [0.3, 0.4) is 0 Å². The molecule has 5 nitrogen and oxygen atoms in total. The number of aryl methyl sites for hydroxylation is 1. The molecule has 0 amide bonds. The monoisotopic (exact) mass is 359 g/mol. The van der Waals surface area contributed by atoms with Gasteiger partial charge in [0.15, 0.2) is 0 Å². The molecule has 1 aromatic heterocycles. The number of rotatable bonds is 8. The largest absolute Gasteiger partial charge is 0.387 e. The first-order valence-electron chi connectivity index (χ1n) is 8.94. The highest BCUT2D eigenvalue weighted by atomic mass is 15.0. The van der Waals surface area contributed by atoms with E-state index in [1.165, 1.54) is 11.8 Å². The standard InChI is InChI=1S/C22H25N5/c1-5-7-17-8-10-18(11-9-17)20-15-26-22(12-21(20)24-4)27-16(3)14-25-19(6-2)13-23/h6,8-12,14-15H,3,5,7H2,1-2,4H3,(H2,24,26,27)/b19-6-,25-14?. The summed E-state index contributed by atoms with van der Waals surface area (Å²) in [6, 6.07) is 12.5. The highest BCUT2D eigenvalue weighted by Gasteiger charge is 2.07. The van der Waals surface area contributed by atoms with Gasteiger partial charge in [-0.05, 0) is 24.5 Å². The van der Waals surface area contributed by atoms with Crippen LogP contribution >= 0.6 is 0 Å². The van der Waals surface area contributed by atoms with Crippen molar-refractivity contribution < 1.29 is 0 Å². The van der Waals surface area contributed by atoms with Gasteiger partial charge in [-0.25, -0.2) is 9.98 Å². The molecule has 2 N–H and O–H groups in total. The van der Waals surface area contributed by atoms with Crippen molar-refractivity contribution in [2.24, 2.45) is 4.99 Å². The molecule has 0 radical (unpaired) electrons. The Hall–Kier alpha value is -3.39. The van der Waals surface area contributed by atoms with Crippen molar-refractivity contribution in [3.05, 3.63) is 66.1 Å². The maximum absolute atomic E-state index is 8.88. The molecule has 0 spiro atoms. The number of hydrogen-bond acceptors (Lipinski definition) is 5. The molecule has 0 aliphatic rings. The van der Waals surface area contributed by atoms with Crippen molar-refractivity contribution in [3.8, 4) is 17.2 Å². The molecule has 0 aliphatic carbocycles. The van der Waals surface area contributed by atoms with Crippen molar-refractivity contribution in [2.45, 2.75) is 26.7 Å². The number of aromatic nitrogens is 1. The fourth-order valence-corrected chi connectivity index (χ4v) is 2.61. The predicted octanol–water partition coefficient (Wildman–Crippen LogP) is 5.17. The van der Waals surface area contributed by atoms with E-state index in [0.717, 1.165) is 29.7 Å². The number of aliphatic imine (C=N–C) groups is 1. The van der Waals surface area contributed by atoms with Gasteiger partial charge in [0.25, 0.3) is 0 Å². The van der Waals surface area contributed by atoms with E-state index < -0.39 is 0 Å². The summed E-state index contributed by atoms with van der Waals surface area (Å²) >= 11 is 0. The summed E-state index contributed by atoms with van der Waals surface area (Å²) < 4.78 is 0. The number of benzene rings is 1. The van der Waals surface area contributed by atoms with Crippen molar-refractivity contribution in [1.29, 1.82) is 5.26 Å². The van der Waals surface area contributed by atoms with Gasteiger partial charge in [-0.3, -0.25) is 0 Å². The van der Waals surface area contributed by atoms with Crippen LogP contribution in [0.4, 0.5) is 11.5 Å². The number of nitrogens with one attached hydrogen (secondary N) is 2. The maximum Gasteiger partial charge on any atom is 0.136 e. The molecule has 0 aliphatic heterocycles. The van der Waals surface area contributed by atoms with Gasteiger partial charge in [0, 0.05) is 30.6 Å². The second-order valence-corrected chi connectivity index (χ2v) is 6.01. The van der Waals surface area contributed by atoms with Gasteiger partial charge in [-0.2, -0.15) is 5.26 Å². The Kier molecular flexibility index (Phi) is 7.33. The van der Waals surface area contributed by atoms with Crippen molar-refractivity contribution >= 4 is 17.7 Å². The first kappa shape index (κ1) is 19.9. The molecule has 0 saturated heterocycles. The summed E-state index contributed by atoms with van der Waals surface area (Å²) in [5, 5.41) is 15.2. The lowest BCUT2D eigenvalue weighted by molar-refractivity contribution is 0.922. The van der Waals surface area contributed by atoms with Crippen molar-refractivity contribution in [3.63, 3.8) is 0 Å². The Bertz CT molecular complexity index is 886. The van der Waals surface area contributed by atoms with Crippen LogP contribution in [0, 0.1) is 11.3 Å². The number of allylic oxidation sites excluding steroid dienone is 3. The van der Waals surface area contributed by atoms with Crippen molar-refractivity contribution in [2.75, 3.05) is 17.7 Å². The van der Waals surface area contributed by atoms with E-state index in [4.69, 9.17) is 5.26 Å². The second kappa shape index (κ2) is 9.93. The van der Waals surface area contributed by atoms with Crippen LogP contribution in [0.2, 0.25) is 0 Å². The lowest BCUT2D eigenvalue weighted by Crippen LogP contribution is -2.03. The molecule has 1 heterocycles. The Morgan fingerprint density at radius 2 is 2.07 bits per heavy atom. The van der Waals surface area contributed by atoms with Gasteiger partial charge in [-0.15, -0.1) is 0 Å². The third-order valence-electron chi connectivity index (χ3n) is 4.01. The number of anilines is 2. The molecule has 0 saturated carbocycles. The highest BCUT2D eigenvalue weighted by molar-refractivity contribution is 5.84. The zero-order chi connectivity index (χ0) is 19.6. The quantitative estimate of drug-likeness (QED) is 0.504. The number of hydrogen-bond donors (Lipinski definition) is 2. The van der Waals surface area contributed by atoms with Gasteiger partial charge in [0.2, 0.25) is 0 Å². The van der Waals surface area contributed by atoms with Gasteiger partial charge in [0.1, 0.15) is 17.6 Å². The van der Waals surface area contributed by atoms with Crippen LogP contribution in [-0.2, 0) is 6.42 Å².